The first-order valence-corrected chi connectivity index (χ1v) is 5.07. The van der Waals surface area contributed by atoms with Crippen LogP contribution in [0.4, 0.5) is 0 Å². The second kappa shape index (κ2) is 5.69. The Hall–Kier alpha value is -2.30. The molecule has 84 valence electrons. The van der Waals surface area contributed by atoms with Crippen molar-refractivity contribution in [3.05, 3.63) is 46.2 Å². The summed E-state index contributed by atoms with van der Waals surface area (Å²) in [4.78, 5) is 4.01. The van der Waals surface area contributed by atoms with Crippen LogP contribution in [-0.2, 0) is 0 Å². The van der Waals surface area contributed by atoms with Crippen LogP contribution < -0.4 is 5.73 Å². The monoisotopic (exact) mass is 244 g/mol. The molecule has 0 aromatic heterocycles. The third-order valence-corrected chi connectivity index (χ3v) is 2.27. The van der Waals surface area contributed by atoms with Gasteiger partial charge in [-0.05, 0) is 24.6 Å². The number of benzene rings is 1. The number of allylic oxidation sites excluding steroid dienone is 2. The molecule has 0 heterocycles. The smallest absolute Gasteiger partial charge is 0.174 e. The fourth-order valence-electron chi connectivity index (χ4n) is 1.12. The van der Waals surface area contributed by atoms with Gasteiger partial charge in [-0.2, -0.15) is 10.5 Å². The Kier molecular flexibility index (Phi) is 4.28. The van der Waals surface area contributed by atoms with Crippen LogP contribution in [0.25, 0.3) is 0 Å². The summed E-state index contributed by atoms with van der Waals surface area (Å²) < 4.78 is 0. The van der Waals surface area contributed by atoms with Crippen LogP contribution in [0.15, 0.2) is 40.7 Å². The lowest BCUT2D eigenvalue weighted by atomic mass is 10.1. The molecule has 0 saturated carbocycles. The zero-order valence-electron chi connectivity index (χ0n) is 9.11. The van der Waals surface area contributed by atoms with Crippen molar-refractivity contribution in [2.45, 2.75) is 6.92 Å². The molecule has 4 nitrogen and oxygen atoms in total. The Labute approximate surface area is 104 Å². The molecule has 5 heteroatoms. The van der Waals surface area contributed by atoms with Crippen LogP contribution in [0.5, 0.6) is 0 Å². The summed E-state index contributed by atoms with van der Waals surface area (Å²) in [6, 6.07) is 10.5. The highest BCUT2D eigenvalue weighted by atomic mass is 35.5. The number of hydrogen-bond acceptors (Lipinski definition) is 4. The van der Waals surface area contributed by atoms with E-state index in [2.05, 4.69) is 4.99 Å². The summed E-state index contributed by atoms with van der Waals surface area (Å²) in [7, 11) is 0. The van der Waals surface area contributed by atoms with E-state index in [1.54, 1.807) is 43.3 Å². The topological polar surface area (TPSA) is 86.0 Å². The number of rotatable bonds is 2. The summed E-state index contributed by atoms with van der Waals surface area (Å²) in [6.07, 6.45) is 0. The molecule has 0 unspecified atom stereocenters. The standard InChI is InChI=1S/C12H9ClN4/c1-8(9-2-4-10(13)5-3-9)17-12(7-15)11(16)6-14/h2-5H,16H2,1H3. The van der Waals surface area contributed by atoms with E-state index in [9.17, 15) is 0 Å². The van der Waals surface area contributed by atoms with Crippen molar-refractivity contribution in [2.24, 2.45) is 10.7 Å². The van der Waals surface area contributed by atoms with E-state index in [0.717, 1.165) is 5.56 Å². The maximum atomic E-state index is 8.80. The molecule has 0 fully saturated rings. The average Bonchev–Trinajstić information content (AvgIpc) is 2.35. The largest absolute Gasteiger partial charge is 0.388 e. The van der Waals surface area contributed by atoms with Crippen molar-refractivity contribution in [3.8, 4) is 12.1 Å². The Morgan fingerprint density at radius 1 is 1.24 bits per heavy atom. The first-order valence-electron chi connectivity index (χ1n) is 4.69. The number of nitrogens with zero attached hydrogens (tertiary/aromatic N) is 3. The number of aliphatic imine (C=N–C) groups is 1. The third-order valence-electron chi connectivity index (χ3n) is 2.02. The zero-order chi connectivity index (χ0) is 12.8. The first-order chi connectivity index (χ1) is 8.08. The van der Waals surface area contributed by atoms with E-state index in [1.165, 1.54) is 0 Å². The Balaban J connectivity index is 3.14. The van der Waals surface area contributed by atoms with Gasteiger partial charge in [0.05, 0.1) is 0 Å². The molecule has 0 aliphatic carbocycles. The van der Waals surface area contributed by atoms with Gasteiger partial charge in [-0.15, -0.1) is 0 Å². The molecule has 0 bridgehead atoms. The van der Waals surface area contributed by atoms with Crippen molar-refractivity contribution >= 4 is 17.3 Å². The minimum atomic E-state index is -0.194. The van der Waals surface area contributed by atoms with E-state index >= 15 is 0 Å². The quantitative estimate of drug-likeness (QED) is 0.640. The second-order valence-corrected chi connectivity index (χ2v) is 3.63. The molecule has 0 radical (unpaired) electrons. The van der Waals surface area contributed by atoms with E-state index in [0.29, 0.717) is 10.7 Å². The fraction of sp³-hybridized carbons (Fsp3) is 0.0833. The van der Waals surface area contributed by atoms with Gasteiger partial charge < -0.3 is 5.73 Å². The number of hydrogen-bond donors (Lipinski definition) is 1. The minimum Gasteiger partial charge on any atom is -0.388 e. The lowest BCUT2D eigenvalue weighted by molar-refractivity contribution is 1.26. The van der Waals surface area contributed by atoms with E-state index in [-0.39, 0.29) is 11.4 Å². The molecule has 0 amide bonds. The van der Waals surface area contributed by atoms with Crippen LogP contribution in [-0.4, -0.2) is 5.71 Å². The van der Waals surface area contributed by atoms with Gasteiger partial charge >= 0.3 is 0 Å². The number of nitriles is 2. The van der Waals surface area contributed by atoms with Gasteiger partial charge in [0.2, 0.25) is 0 Å². The summed E-state index contributed by atoms with van der Waals surface area (Å²) in [6.45, 7) is 1.73. The molecule has 1 aromatic carbocycles. The van der Waals surface area contributed by atoms with Gasteiger partial charge in [-0.25, -0.2) is 4.99 Å². The van der Waals surface area contributed by atoms with Gasteiger partial charge in [0, 0.05) is 10.7 Å². The predicted octanol–water partition coefficient (Wildman–Crippen LogP) is 2.37. The molecule has 0 spiro atoms. The average molecular weight is 245 g/mol. The molecule has 17 heavy (non-hydrogen) atoms. The summed E-state index contributed by atoms with van der Waals surface area (Å²) in [5.41, 5.74) is 6.48. The molecule has 0 aliphatic heterocycles. The lowest BCUT2D eigenvalue weighted by Gasteiger charge is -2.00. The SMILES string of the molecule is CC(=NC(C#N)=C(N)C#N)c1ccc(Cl)cc1. The molecular weight excluding hydrogens is 236 g/mol. The van der Waals surface area contributed by atoms with Gasteiger partial charge in [0.15, 0.2) is 5.70 Å². The highest BCUT2D eigenvalue weighted by Gasteiger charge is 2.03. The number of nitrogens with two attached hydrogens (primary N) is 1. The van der Waals surface area contributed by atoms with Gasteiger partial charge in [-0.1, -0.05) is 23.7 Å². The van der Waals surface area contributed by atoms with Crippen molar-refractivity contribution in [1.82, 2.24) is 0 Å². The molecule has 2 N–H and O–H groups in total. The zero-order valence-corrected chi connectivity index (χ0v) is 9.86. The lowest BCUT2D eigenvalue weighted by Crippen LogP contribution is -2.01. The Morgan fingerprint density at radius 2 is 1.82 bits per heavy atom. The second-order valence-electron chi connectivity index (χ2n) is 3.19. The van der Waals surface area contributed by atoms with Gasteiger partial charge in [-0.3, -0.25) is 0 Å². The third kappa shape index (κ3) is 3.34. The van der Waals surface area contributed by atoms with Crippen molar-refractivity contribution in [1.29, 1.82) is 10.5 Å². The summed E-state index contributed by atoms with van der Waals surface area (Å²) in [5, 5.41) is 18.0. The molecular formula is C12H9ClN4. The highest BCUT2D eigenvalue weighted by Crippen LogP contribution is 2.11. The van der Waals surface area contributed by atoms with E-state index in [1.807, 2.05) is 0 Å². The van der Waals surface area contributed by atoms with Crippen molar-refractivity contribution < 1.29 is 0 Å². The van der Waals surface area contributed by atoms with Crippen LogP contribution in [0.1, 0.15) is 12.5 Å². The molecule has 0 atom stereocenters. The normalized spacial score (nSPS) is 12.4. The van der Waals surface area contributed by atoms with Crippen LogP contribution in [0, 0.1) is 22.7 Å². The van der Waals surface area contributed by atoms with Crippen LogP contribution in [0.3, 0.4) is 0 Å². The maximum absolute atomic E-state index is 8.80. The Morgan fingerprint density at radius 3 is 2.29 bits per heavy atom. The highest BCUT2D eigenvalue weighted by molar-refractivity contribution is 6.30. The molecule has 1 rings (SSSR count). The molecule has 0 aliphatic rings. The molecule has 0 saturated heterocycles. The van der Waals surface area contributed by atoms with Crippen molar-refractivity contribution in [2.75, 3.05) is 0 Å². The number of halogens is 1. The minimum absolute atomic E-state index is 0.0834. The summed E-state index contributed by atoms with van der Waals surface area (Å²) in [5.74, 6) is 0. The van der Waals surface area contributed by atoms with E-state index < -0.39 is 0 Å². The predicted molar refractivity (Wildman–Crippen MR) is 66.1 cm³/mol. The maximum Gasteiger partial charge on any atom is 0.174 e. The fourth-order valence-corrected chi connectivity index (χ4v) is 1.25. The van der Waals surface area contributed by atoms with Gasteiger partial charge in [0.1, 0.15) is 17.8 Å². The summed E-state index contributed by atoms with van der Waals surface area (Å²) >= 11 is 5.76. The Bertz CT molecular complexity index is 556. The van der Waals surface area contributed by atoms with Crippen molar-refractivity contribution in [3.63, 3.8) is 0 Å². The van der Waals surface area contributed by atoms with Gasteiger partial charge in [0.25, 0.3) is 0 Å². The van der Waals surface area contributed by atoms with E-state index in [4.69, 9.17) is 27.9 Å². The van der Waals surface area contributed by atoms with Crippen LogP contribution >= 0.6 is 11.6 Å². The van der Waals surface area contributed by atoms with Crippen LogP contribution in [0.2, 0.25) is 5.02 Å². The first kappa shape index (κ1) is 12.8. The molecule has 1 aromatic rings.